The average molecular weight is 777 g/mol. The summed E-state index contributed by atoms with van der Waals surface area (Å²) in [7, 11) is -9.69. The topological polar surface area (TPSA) is 162 Å². The fourth-order valence-electron chi connectivity index (χ4n) is 6.50. The van der Waals surface area contributed by atoms with Crippen LogP contribution in [0.4, 0.5) is 11.4 Å². The van der Waals surface area contributed by atoms with Gasteiger partial charge in [0.25, 0.3) is 0 Å². The van der Waals surface area contributed by atoms with Gasteiger partial charge in [-0.15, -0.1) is 0 Å². The van der Waals surface area contributed by atoms with Gasteiger partial charge in [-0.3, -0.25) is 19.3 Å². The normalized spacial score (nSPS) is 15.6. The second kappa shape index (κ2) is 19.3. The van der Waals surface area contributed by atoms with Gasteiger partial charge < -0.3 is 19.3 Å². The van der Waals surface area contributed by atoms with E-state index in [4.69, 9.17) is 9.05 Å². The molecule has 1 N–H and O–H groups in total. The van der Waals surface area contributed by atoms with Gasteiger partial charge in [0.1, 0.15) is 0 Å². The van der Waals surface area contributed by atoms with Gasteiger partial charge in [0.15, 0.2) is 19.7 Å². The van der Waals surface area contributed by atoms with Crippen molar-refractivity contribution in [3.05, 3.63) is 72.3 Å². The van der Waals surface area contributed by atoms with Crippen molar-refractivity contribution in [2.45, 2.75) is 87.6 Å². The van der Waals surface area contributed by atoms with E-state index in [1.165, 1.54) is 56.5 Å². The molecule has 2 aromatic carbocycles. The maximum Gasteiger partial charge on any atom is 0.336 e. The lowest BCUT2D eigenvalue weighted by atomic mass is 10.1. The standard InChI is InChI=1S/C24H34N3O6PS.C13H19NO2S/c1-4-32-34(29,33-5-2)18-21-16-25-20(15-26-21)14-24(28)27(17-19-8-6-7-9-19)22-10-12-23(13-11-22)35(3,30)31;1-17(15,16)13-8-6-12(7-9-13)14-10-11-4-2-3-5-11/h10-13,15-16,19H,4-9,14,17-18H2,1-3H3;6-9,11,14H,2-5,10H2,1H3. The fraction of sp³-hybridized carbons (Fsp3) is 0.541. The van der Waals surface area contributed by atoms with Crippen LogP contribution in [0.2, 0.25) is 0 Å². The Morgan fingerprint density at radius 2 is 1.25 bits per heavy atom. The molecule has 2 aliphatic rings. The summed E-state index contributed by atoms with van der Waals surface area (Å²) in [6.07, 6.45) is 15.2. The highest BCUT2D eigenvalue weighted by Crippen LogP contribution is 2.50. The third kappa shape index (κ3) is 13.1. The van der Waals surface area contributed by atoms with Crippen LogP contribution < -0.4 is 10.2 Å². The summed E-state index contributed by atoms with van der Waals surface area (Å²) in [6, 6.07) is 13.4. The number of amides is 1. The van der Waals surface area contributed by atoms with E-state index in [-0.39, 0.29) is 36.6 Å². The van der Waals surface area contributed by atoms with Crippen LogP contribution in [0.3, 0.4) is 0 Å². The van der Waals surface area contributed by atoms with Crippen molar-refractivity contribution in [2.75, 3.05) is 49.0 Å². The summed E-state index contributed by atoms with van der Waals surface area (Å²) >= 11 is 0. The summed E-state index contributed by atoms with van der Waals surface area (Å²) in [4.78, 5) is 24.3. The number of anilines is 2. The number of carbonyl (C=O) groups excluding carboxylic acids is 1. The van der Waals surface area contributed by atoms with Crippen LogP contribution in [0.15, 0.2) is 70.7 Å². The molecule has 1 heterocycles. The molecule has 0 bridgehead atoms. The summed E-state index contributed by atoms with van der Waals surface area (Å²) in [6.45, 7) is 5.60. The molecule has 0 radical (unpaired) electrons. The first kappa shape index (κ1) is 41.6. The molecular formula is C37H53N4O8PS2. The Kier molecular flexibility index (Phi) is 15.4. The molecule has 0 atom stereocenters. The van der Waals surface area contributed by atoms with E-state index < -0.39 is 27.3 Å². The largest absolute Gasteiger partial charge is 0.385 e. The van der Waals surface area contributed by atoms with Crippen molar-refractivity contribution in [2.24, 2.45) is 11.8 Å². The first-order chi connectivity index (χ1) is 24.7. The Balaban J connectivity index is 0.000000296. The van der Waals surface area contributed by atoms with Gasteiger partial charge in [0.2, 0.25) is 5.91 Å². The molecule has 2 saturated carbocycles. The van der Waals surface area contributed by atoms with Gasteiger partial charge >= 0.3 is 7.60 Å². The van der Waals surface area contributed by atoms with Gasteiger partial charge in [-0.25, -0.2) is 16.8 Å². The van der Waals surface area contributed by atoms with Crippen molar-refractivity contribution in [3.63, 3.8) is 0 Å². The molecule has 0 unspecified atom stereocenters. The average Bonchev–Trinajstić information content (AvgIpc) is 3.82. The number of nitrogens with zero attached hydrogens (tertiary/aromatic N) is 3. The molecule has 15 heteroatoms. The quantitative estimate of drug-likeness (QED) is 0.148. The van der Waals surface area contributed by atoms with Gasteiger partial charge in [-0.05, 0) is 99.9 Å². The van der Waals surface area contributed by atoms with Crippen LogP contribution in [-0.4, -0.2) is 71.5 Å². The van der Waals surface area contributed by atoms with Crippen LogP contribution in [-0.2, 0) is 50.7 Å². The summed E-state index contributed by atoms with van der Waals surface area (Å²) in [5.41, 5.74) is 2.62. The van der Waals surface area contributed by atoms with Gasteiger partial charge in [0, 0.05) is 49.4 Å². The van der Waals surface area contributed by atoms with Crippen LogP contribution >= 0.6 is 7.60 Å². The van der Waals surface area contributed by atoms with E-state index in [0.29, 0.717) is 34.4 Å². The fourth-order valence-corrected chi connectivity index (χ4v) is 9.36. The third-order valence-electron chi connectivity index (χ3n) is 9.24. The number of hydrogen-bond donors (Lipinski definition) is 1. The second-order valence-electron chi connectivity index (χ2n) is 13.5. The number of carbonyl (C=O) groups is 1. The Morgan fingerprint density at radius 1 is 0.769 bits per heavy atom. The van der Waals surface area contributed by atoms with Crippen molar-refractivity contribution in [1.82, 2.24) is 9.97 Å². The lowest BCUT2D eigenvalue weighted by Gasteiger charge is -2.26. The van der Waals surface area contributed by atoms with Crippen molar-refractivity contribution in [1.29, 1.82) is 0 Å². The Bertz CT molecular complexity index is 1830. The zero-order chi connectivity index (χ0) is 37.8. The summed E-state index contributed by atoms with van der Waals surface area (Å²) < 4.78 is 69.6. The summed E-state index contributed by atoms with van der Waals surface area (Å²) in [5.74, 6) is 1.05. The predicted octanol–water partition coefficient (Wildman–Crippen LogP) is 7.10. The van der Waals surface area contributed by atoms with Crippen LogP contribution in [0.5, 0.6) is 0 Å². The van der Waals surface area contributed by atoms with E-state index in [0.717, 1.165) is 50.1 Å². The van der Waals surface area contributed by atoms with E-state index in [1.807, 2.05) is 12.1 Å². The molecule has 286 valence electrons. The Labute approximate surface area is 309 Å². The number of sulfone groups is 2. The second-order valence-corrected chi connectivity index (χ2v) is 19.6. The van der Waals surface area contributed by atoms with Gasteiger partial charge in [0.05, 0.1) is 47.0 Å². The van der Waals surface area contributed by atoms with E-state index >= 15 is 0 Å². The molecule has 5 rings (SSSR count). The minimum atomic E-state index is -3.32. The molecule has 1 amide bonds. The molecule has 0 aliphatic heterocycles. The van der Waals surface area contributed by atoms with E-state index in [9.17, 15) is 26.2 Å². The predicted molar refractivity (Wildman–Crippen MR) is 204 cm³/mol. The minimum absolute atomic E-state index is 0.0103. The Morgan fingerprint density at radius 3 is 1.73 bits per heavy atom. The maximum atomic E-state index is 13.3. The van der Waals surface area contributed by atoms with Gasteiger partial charge in [-0.2, -0.15) is 0 Å². The zero-order valence-corrected chi connectivity index (χ0v) is 33.2. The zero-order valence-electron chi connectivity index (χ0n) is 30.7. The smallest absolute Gasteiger partial charge is 0.336 e. The number of benzene rings is 2. The molecule has 52 heavy (non-hydrogen) atoms. The van der Waals surface area contributed by atoms with E-state index in [1.54, 1.807) is 43.0 Å². The van der Waals surface area contributed by atoms with Crippen LogP contribution in [0, 0.1) is 11.8 Å². The lowest BCUT2D eigenvalue weighted by Crippen LogP contribution is -2.36. The molecule has 0 spiro atoms. The highest BCUT2D eigenvalue weighted by Gasteiger charge is 2.26. The molecule has 3 aromatic rings. The first-order valence-corrected chi connectivity index (χ1v) is 23.5. The van der Waals surface area contributed by atoms with E-state index in [2.05, 4.69) is 15.3 Å². The van der Waals surface area contributed by atoms with Crippen molar-refractivity contribution >= 4 is 44.6 Å². The minimum Gasteiger partial charge on any atom is -0.385 e. The van der Waals surface area contributed by atoms with Crippen LogP contribution in [0.25, 0.3) is 0 Å². The summed E-state index contributed by atoms with van der Waals surface area (Å²) in [5, 5.41) is 3.37. The molecule has 2 fully saturated rings. The van der Waals surface area contributed by atoms with Crippen LogP contribution in [0.1, 0.15) is 76.6 Å². The lowest BCUT2D eigenvalue weighted by molar-refractivity contribution is -0.118. The molecule has 12 nitrogen and oxygen atoms in total. The molecule has 2 aliphatic carbocycles. The number of nitrogens with one attached hydrogen (secondary N) is 1. The van der Waals surface area contributed by atoms with Crippen molar-refractivity contribution < 1.29 is 35.2 Å². The number of aromatic nitrogens is 2. The number of rotatable bonds is 16. The molecule has 0 saturated heterocycles. The first-order valence-electron chi connectivity index (χ1n) is 18.0. The SMILES string of the molecule is CCOP(=O)(Cc1cnc(CC(=O)N(CC2CCCC2)c2ccc(S(C)(=O)=O)cc2)cn1)OCC.CS(=O)(=O)c1ccc(NCC2CCCC2)cc1. The highest BCUT2D eigenvalue weighted by atomic mass is 32.2. The molecule has 1 aromatic heterocycles. The Hall–Kier alpha value is -3.16. The highest BCUT2D eigenvalue weighted by molar-refractivity contribution is 7.91. The third-order valence-corrected chi connectivity index (χ3v) is 13.5. The molecular weight excluding hydrogens is 724 g/mol. The van der Waals surface area contributed by atoms with Crippen molar-refractivity contribution in [3.8, 4) is 0 Å². The van der Waals surface area contributed by atoms with Gasteiger partial charge in [-0.1, -0.05) is 25.7 Å². The monoisotopic (exact) mass is 776 g/mol. The maximum absolute atomic E-state index is 13.3. The number of hydrogen-bond acceptors (Lipinski definition) is 11.